The Morgan fingerprint density at radius 1 is 1.15 bits per heavy atom. The van der Waals surface area contributed by atoms with Crippen LogP contribution in [0.15, 0.2) is 12.1 Å². The zero-order valence-corrected chi connectivity index (χ0v) is 22.7. The van der Waals surface area contributed by atoms with Gasteiger partial charge in [-0.3, -0.25) is 14.5 Å². The van der Waals surface area contributed by atoms with Crippen molar-refractivity contribution < 1.29 is 9.59 Å². The molecule has 2 heterocycles. The molecule has 3 fully saturated rings. The average molecular weight is 534 g/mol. The lowest BCUT2D eigenvalue weighted by molar-refractivity contribution is -0.140. The van der Waals surface area contributed by atoms with E-state index in [2.05, 4.69) is 34.3 Å². The van der Waals surface area contributed by atoms with Crippen LogP contribution >= 0.6 is 36.4 Å². The van der Waals surface area contributed by atoms with Gasteiger partial charge in [0.25, 0.3) is 0 Å². The summed E-state index contributed by atoms with van der Waals surface area (Å²) in [6.07, 6.45) is 6.09. The van der Waals surface area contributed by atoms with Crippen LogP contribution in [0.3, 0.4) is 0 Å². The van der Waals surface area contributed by atoms with E-state index in [0.717, 1.165) is 75.3 Å². The van der Waals surface area contributed by atoms with Gasteiger partial charge in [-0.15, -0.1) is 24.8 Å². The number of rotatable bonds is 6. The van der Waals surface area contributed by atoms with Crippen LogP contribution in [0.25, 0.3) is 0 Å². The number of amides is 2. The minimum Gasteiger partial charge on any atom is -0.337 e. The number of carbonyl (C=O) groups is 2. The number of piperazine rings is 1. The van der Waals surface area contributed by atoms with E-state index in [1.807, 2.05) is 12.1 Å². The number of nitrogens with one attached hydrogen (secondary N) is 2. The van der Waals surface area contributed by atoms with E-state index in [0.29, 0.717) is 23.3 Å². The summed E-state index contributed by atoms with van der Waals surface area (Å²) in [5.41, 5.74) is 3.02. The van der Waals surface area contributed by atoms with Crippen LogP contribution in [0.5, 0.6) is 0 Å². The summed E-state index contributed by atoms with van der Waals surface area (Å²) in [7, 11) is 0. The molecule has 1 saturated carbocycles. The predicted octanol–water partition coefficient (Wildman–Crippen LogP) is 4.65. The molecule has 0 spiro atoms. The SMILES string of the molecule is Cc1c(CN2CCN(C(=O)C3CCCC3)[C@@H](C)C2)cc(Cl)cc1NC(=O)CC1CCNC1.Cl.Cl. The first kappa shape index (κ1) is 29.2. The summed E-state index contributed by atoms with van der Waals surface area (Å²) in [6.45, 7) is 9.42. The Labute approximate surface area is 221 Å². The van der Waals surface area contributed by atoms with Crippen molar-refractivity contribution in [1.82, 2.24) is 15.1 Å². The van der Waals surface area contributed by atoms with Gasteiger partial charge in [-0.05, 0) is 75.4 Å². The molecule has 1 aliphatic carbocycles. The third-order valence-corrected chi connectivity index (χ3v) is 7.70. The zero-order valence-electron chi connectivity index (χ0n) is 20.3. The Morgan fingerprint density at radius 2 is 1.88 bits per heavy atom. The van der Waals surface area contributed by atoms with Crippen molar-refractivity contribution in [3.63, 3.8) is 0 Å². The molecular formula is C25H39Cl3N4O2. The molecule has 3 aliphatic rings. The van der Waals surface area contributed by atoms with Crippen molar-refractivity contribution in [3.8, 4) is 0 Å². The van der Waals surface area contributed by atoms with Crippen molar-refractivity contribution in [2.45, 2.75) is 65.0 Å². The van der Waals surface area contributed by atoms with Crippen molar-refractivity contribution in [1.29, 1.82) is 0 Å². The highest BCUT2D eigenvalue weighted by molar-refractivity contribution is 6.31. The Hall–Kier alpha value is -1.05. The molecule has 0 bridgehead atoms. The number of hydrogen-bond donors (Lipinski definition) is 2. The van der Waals surface area contributed by atoms with E-state index < -0.39 is 0 Å². The fraction of sp³-hybridized carbons (Fsp3) is 0.680. The molecule has 2 N–H and O–H groups in total. The number of hydrogen-bond acceptors (Lipinski definition) is 4. The van der Waals surface area contributed by atoms with Crippen molar-refractivity contribution in [3.05, 3.63) is 28.3 Å². The van der Waals surface area contributed by atoms with Crippen LogP contribution in [0.1, 0.15) is 56.6 Å². The molecule has 1 aromatic rings. The fourth-order valence-electron chi connectivity index (χ4n) is 5.53. The number of halogens is 3. The van der Waals surface area contributed by atoms with Gasteiger partial charge in [-0.2, -0.15) is 0 Å². The Bertz CT molecular complexity index is 842. The molecule has 9 heteroatoms. The first-order valence-electron chi connectivity index (χ1n) is 12.2. The van der Waals surface area contributed by atoms with Crippen molar-refractivity contribution >= 4 is 53.9 Å². The minimum absolute atomic E-state index is 0. The van der Waals surface area contributed by atoms with E-state index >= 15 is 0 Å². The van der Waals surface area contributed by atoms with Crippen LogP contribution in [-0.4, -0.2) is 60.4 Å². The largest absolute Gasteiger partial charge is 0.337 e. The van der Waals surface area contributed by atoms with Gasteiger partial charge in [-0.25, -0.2) is 0 Å². The molecule has 0 radical (unpaired) electrons. The number of carbonyl (C=O) groups excluding carboxylic acids is 2. The Balaban J connectivity index is 0.00000204. The zero-order chi connectivity index (χ0) is 22.7. The van der Waals surface area contributed by atoms with Gasteiger partial charge in [0.15, 0.2) is 0 Å². The summed E-state index contributed by atoms with van der Waals surface area (Å²) in [5, 5.41) is 7.05. The highest BCUT2D eigenvalue weighted by Crippen LogP contribution is 2.30. The average Bonchev–Trinajstić information content (AvgIpc) is 3.45. The predicted molar refractivity (Wildman–Crippen MR) is 143 cm³/mol. The highest BCUT2D eigenvalue weighted by Gasteiger charge is 2.33. The number of anilines is 1. The maximum Gasteiger partial charge on any atom is 0.226 e. The van der Waals surface area contributed by atoms with E-state index in [9.17, 15) is 9.59 Å². The summed E-state index contributed by atoms with van der Waals surface area (Å²) in [4.78, 5) is 29.9. The lowest BCUT2D eigenvalue weighted by Crippen LogP contribution is -2.54. The van der Waals surface area contributed by atoms with Gasteiger partial charge in [-0.1, -0.05) is 24.4 Å². The molecule has 0 aromatic heterocycles. The monoisotopic (exact) mass is 532 g/mol. The van der Waals surface area contributed by atoms with Gasteiger partial charge in [0.2, 0.25) is 11.8 Å². The second-order valence-electron chi connectivity index (χ2n) is 9.95. The number of benzene rings is 1. The minimum atomic E-state index is 0. The maximum absolute atomic E-state index is 12.9. The molecular weight excluding hydrogens is 495 g/mol. The molecule has 2 atom stereocenters. The van der Waals surface area contributed by atoms with Crippen LogP contribution in [0.4, 0.5) is 5.69 Å². The van der Waals surface area contributed by atoms with E-state index in [1.165, 1.54) is 12.8 Å². The van der Waals surface area contributed by atoms with Crippen LogP contribution in [0, 0.1) is 18.8 Å². The summed E-state index contributed by atoms with van der Waals surface area (Å²) >= 11 is 6.43. The molecule has 1 aromatic carbocycles. The van der Waals surface area contributed by atoms with Crippen molar-refractivity contribution in [2.24, 2.45) is 11.8 Å². The van der Waals surface area contributed by atoms with Gasteiger partial charge in [0.1, 0.15) is 0 Å². The van der Waals surface area contributed by atoms with Gasteiger partial charge in [0.05, 0.1) is 0 Å². The van der Waals surface area contributed by atoms with Crippen LogP contribution < -0.4 is 10.6 Å². The van der Waals surface area contributed by atoms with Crippen molar-refractivity contribution in [2.75, 3.05) is 38.0 Å². The maximum atomic E-state index is 12.9. The second kappa shape index (κ2) is 13.3. The first-order valence-corrected chi connectivity index (χ1v) is 12.6. The second-order valence-corrected chi connectivity index (χ2v) is 10.4. The van der Waals surface area contributed by atoms with E-state index in [4.69, 9.17) is 11.6 Å². The smallest absolute Gasteiger partial charge is 0.226 e. The third kappa shape index (κ3) is 7.23. The normalized spacial score (nSPS) is 23.3. The molecule has 1 unspecified atom stereocenters. The summed E-state index contributed by atoms with van der Waals surface area (Å²) < 4.78 is 0. The van der Waals surface area contributed by atoms with E-state index in [-0.39, 0.29) is 42.7 Å². The molecule has 2 saturated heterocycles. The standard InChI is InChI=1S/C25H37ClN4O2.2ClH/c1-17-15-29(9-10-30(17)25(32)20-5-3-4-6-20)16-21-12-22(26)13-23(18(21)2)28-24(31)11-19-7-8-27-14-19;;/h12-13,17,19-20,27H,3-11,14-16H2,1-2H3,(H,28,31);2*1H/t17-,19?;;/m0../s1. The highest BCUT2D eigenvalue weighted by atomic mass is 35.5. The summed E-state index contributed by atoms with van der Waals surface area (Å²) in [6, 6.07) is 4.08. The molecule has 2 amide bonds. The Morgan fingerprint density at radius 3 is 2.53 bits per heavy atom. The number of nitrogens with zero attached hydrogens (tertiary/aromatic N) is 2. The quantitative estimate of drug-likeness (QED) is 0.559. The lowest BCUT2D eigenvalue weighted by atomic mass is 10.0. The van der Waals surface area contributed by atoms with Crippen LogP contribution in [-0.2, 0) is 16.1 Å². The molecule has 6 nitrogen and oxygen atoms in total. The topological polar surface area (TPSA) is 64.7 Å². The third-order valence-electron chi connectivity index (χ3n) is 7.48. The Kier molecular flexibility index (Phi) is 11.4. The molecule has 192 valence electrons. The molecule has 4 rings (SSSR count). The van der Waals surface area contributed by atoms with Gasteiger partial charge < -0.3 is 15.5 Å². The van der Waals surface area contributed by atoms with Gasteiger partial charge in [0, 0.05) is 55.3 Å². The first-order chi connectivity index (χ1) is 15.4. The van der Waals surface area contributed by atoms with Crippen LogP contribution in [0.2, 0.25) is 5.02 Å². The van der Waals surface area contributed by atoms with E-state index in [1.54, 1.807) is 0 Å². The summed E-state index contributed by atoms with van der Waals surface area (Å²) in [5.74, 6) is 1.07. The molecule has 34 heavy (non-hydrogen) atoms. The van der Waals surface area contributed by atoms with Gasteiger partial charge >= 0.3 is 0 Å². The lowest BCUT2D eigenvalue weighted by Gasteiger charge is -2.41. The fourth-order valence-corrected chi connectivity index (χ4v) is 5.77. The molecule has 2 aliphatic heterocycles.